The van der Waals surface area contributed by atoms with E-state index in [0.29, 0.717) is 6.61 Å². The Bertz CT molecular complexity index is 97.5. The van der Waals surface area contributed by atoms with Crippen LogP contribution in [0.4, 0.5) is 0 Å². The first-order valence-corrected chi connectivity index (χ1v) is 2.35. The van der Waals surface area contributed by atoms with E-state index in [1.807, 2.05) is 0 Å². The molecule has 0 aromatic heterocycles. The Morgan fingerprint density at radius 1 is 1.88 bits per heavy atom. The van der Waals surface area contributed by atoms with E-state index >= 15 is 0 Å². The lowest BCUT2D eigenvalue weighted by Crippen LogP contribution is -2.18. The summed E-state index contributed by atoms with van der Waals surface area (Å²) in [5, 5.41) is 9.90. The number of nitro groups is 1. The molecule has 0 aromatic rings. The van der Waals surface area contributed by atoms with E-state index in [-0.39, 0.29) is 11.5 Å². The molecule has 45 valence electrons. The number of nitrogens with zero attached hydrogens (tertiary/aromatic N) is 1. The summed E-state index contributed by atoms with van der Waals surface area (Å²) in [6, 6.07) is -0.560. The molecule has 0 aliphatic carbocycles. The molecule has 0 spiro atoms. The minimum absolute atomic E-state index is 0.243. The van der Waals surface area contributed by atoms with Gasteiger partial charge in [0.1, 0.15) is 6.61 Å². The fourth-order valence-electron chi connectivity index (χ4n) is 0.583. The second kappa shape index (κ2) is 2.09. The van der Waals surface area contributed by atoms with Crippen LogP contribution in [0.5, 0.6) is 0 Å². The summed E-state index contributed by atoms with van der Waals surface area (Å²) >= 11 is 0. The van der Waals surface area contributed by atoms with Crippen molar-refractivity contribution in [2.75, 3.05) is 13.2 Å². The van der Waals surface area contributed by atoms with E-state index in [0.717, 1.165) is 0 Å². The molecule has 1 aliphatic rings. The summed E-state index contributed by atoms with van der Waals surface area (Å²) in [6.45, 7) is 0.665. The molecule has 1 radical (unpaired) electrons. The van der Waals surface area contributed by atoms with Gasteiger partial charge in [-0.15, -0.1) is 0 Å². The Labute approximate surface area is 46.6 Å². The average Bonchev–Trinajstić information content (AvgIpc) is 2.12. The number of hydrogen-bond acceptors (Lipinski definition) is 3. The first-order chi connectivity index (χ1) is 3.80. The van der Waals surface area contributed by atoms with Crippen molar-refractivity contribution in [1.82, 2.24) is 0 Å². The van der Waals surface area contributed by atoms with Crippen molar-refractivity contribution in [3.05, 3.63) is 16.5 Å². The molecular weight excluding hydrogens is 110 g/mol. The lowest BCUT2D eigenvalue weighted by molar-refractivity contribution is -0.511. The van der Waals surface area contributed by atoms with Gasteiger partial charge < -0.3 is 4.74 Å². The second-order valence-electron chi connectivity index (χ2n) is 1.63. The number of hydrogen-bond donors (Lipinski definition) is 0. The van der Waals surface area contributed by atoms with Crippen LogP contribution >= 0.6 is 0 Å². The quantitative estimate of drug-likeness (QED) is 0.354. The van der Waals surface area contributed by atoms with E-state index in [9.17, 15) is 10.1 Å². The molecule has 4 nitrogen and oxygen atoms in total. The largest absolute Gasteiger partial charge is 0.374 e. The van der Waals surface area contributed by atoms with Crippen LogP contribution in [-0.2, 0) is 4.74 Å². The monoisotopic (exact) mass is 116 g/mol. The molecule has 1 atom stereocenters. The van der Waals surface area contributed by atoms with Crippen molar-refractivity contribution in [1.29, 1.82) is 0 Å². The maximum atomic E-state index is 9.90. The molecule has 0 bridgehead atoms. The summed E-state index contributed by atoms with van der Waals surface area (Å²) in [5.41, 5.74) is 0. The van der Waals surface area contributed by atoms with Crippen LogP contribution in [0.15, 0.2) is 0 Å². The highest BCUT2D eigenvalue weighted by molar-refractivity contribution is 4.80. The van der Waals surface area contributed by atoms with Crippen molar-refractivity contribution in [3.8, 4) is 0 Å². The molecule has 4 heteroatoms. The molecule has 1 unspecified atom stereocenters. The number of ether oxygens (including phenoxy) is 1. The molecule has 1 rings (SSSR count). The molecular formula is C4H6NO3. The van der Waals surface area contributed by atoms with Crippen LogP contribution in [0.1, 0.15) is 0 Å². The highest BCUT2D eigenvalue weighted by atomic mass is 16.6. The van der Waals surface area contributed by atoms with Gasteiger partial charge in [0, 0.05) is 4.92 Å². The predicted molar refractivity (Wildman–Crippen MR) is 25.9 cm³/mol. The van der Waals surface area contributed by atoms with Gasteiger partial charge in [0.2, 0.25) is 6.04 Å². The molecule has 1 fully saturated rings. The summed E-state index contributed by atoms with van der Waals surface area (Å²) in [4.78, 5) is 9.56. The predicted octanol–water partition coefficient (Wildman–Crippen LogP) is -0.134. The van der Waals surface area contributed by atoms with Crippen LogP contribution < -0.4 is 0 Å². The van der Waals surface area contributed by atoms with Gasteiger partial charge in [-0.25, -0.2) is 0 Å². The van der Waals surface area contributed by atoms with E-state index in [2.05, 4.69) is 0 Å². The maximum Gasteiger partial charge on any atom is 0.241 e. The third kappa shape index (κ3) is 0.949. The Morgan fingerprint density at radius 2 is 2.62 bits per heavy atom. The van der Waals surface area contributed by atoms with Gasteiger partial charge in [0.15, 0.2) is 0 Å². The second-order valence-corrected chi connectivity index (χ2v) is 1.63. The molecule has 1 aliphatic heterocycles. The zero-order chi connectivity index (χ0) is 5.98. The van der Waals surface area contributed by atoms with Crippen LogP contribution in [0.3, 0.4) is 0 Å². The Kier molecular flexibility index (Phi) is 1.43. The molecule has 0 amide bonds. The summed E-state index contributed by atoms with van der Waals surface area (Å²) < 4.78 is 4.72. The zero-order valence-corrected chi connectivity index (χ0v) is 4.24. The molecule has 0 N–H and O–H groups in total. The van der Waals surface area contributed by atoms with Gasteiger partial charge in [-0.3, -0.25) is 10.1 Å². The summed E-state index contributed by atoms with van der Waals surface area (Å²) in [5.74, 6) is 0. The minimum atomic E-state index is -0.560. The molecule has 1 heterocycles. The summed E-state index contributed by atoms with van der Waals surface area (Å²) in [7, 11) is 0. The van der Waals surface area contributed by atoms with Crippen LogP contribution in [0.25, 0.3) is 0 Å². The Morgan fingerprint density at radius 3 is 2.88 bits per heavy atom. The third-order valence-electron chi connectivity index (χ3n) is 1.05. The van der Waals surface area contributed by atoms with Crippen molar-refractivity contribution in [2.45, 2.75) is 6.04 Å². The normalized spacial score (nSPS) is 28.2. The third-order valence-corrected chi connectivity index (χ3v) is 1.05. The maximum absolute atomic E-state index is 9.90. The fourth-order valence-corrected chi connectivity index (χ4v) is 0.583. The number of rotatable bonds is 1. The van der Waals surface area contributed by atoms with Gasteiger partial charge in [-0.1, -0.05) is 0 Å². The van der Waals surface area contributed by atoms with Crippen molar-refractivity contribution in [2.24, 2.45) is 0 Å². The van der Waals surface area contributed by atoms with E-state index in [4.69, 9.17) is 4.74 Å². The van der Waals surface area contributed by atoms with Gasteiger partial charge in [-0.2, -0.15) is 0 Å². The Hall–Kier alpha value is -0.640. The van der Waals surface area contributed by atoms with E-state index < -0.39 is 6.04 Å². The van der Waals surface area contributed by atoms with Crippen LogP contribution in [0, 0.1) is 16.5 Å². The lowest BCUT2D eigenvalue weighted by atomic mass is 10.3. The van der Waals surface area contributed by atoms with Gasteiger partial charge in [-0.05, 0) is 0 Å². The van der Waals surface area contributed by atoms with Crippen LogP contribution in [0.2, 0.25) is 0 Å². The highest BCUT2D eigenvalue weighted by Gasteiger charge is 2.25. The topological polar surface area (TPSA) is 52.4 Å². The van der Waals surface area contributed by atoms with Crippen molar-refractivity contribution in [3.63, 3.8) is 0 Å². The highest BCUT2D eigenvalue weighted by Crippen LogP contribution is 2.04. The smallest absolute Gasteiger partial charge is 0.241 e. The standard InChI is InChI=1S/C4H6NO3/c6-5(7)4-1-2-8-3-4/h1,4H,2-3H2. The first-order valence-electron chi connectivity index (χ1n) is 2.35. The van der Waals surface area contributed by atoms with Gasteiger partial charge in [0.05, 0.1) is 13.0 Å². The SMILES string of the molecule is O=[N+]([O-])C1[CH]COC1. The summed E-state index contributed by atoms with van der Waals surface area (Å²) in [6.07, 6.45) is 1.56. The van der Waals surface area contributed by atoms with Gasteiger partial charge in [0.25, 0.3) is 0 Å². The molecule has 8 heavy (non-hydrogen) atoms. The average molecular weight is 116 g/mol. The van der Waals surface area contributed by atoms with E-state index in [1.54, 1.807) is 6.42 Å². The molecule has 1 saturated heterocycles. The van der Waals surface area contributed by atoms with Crippen molar-refractivity contribution < 1.29 is 9.66 Å². The van der Waals surface area contributed by atoms with E-state index in [1.165, 1.54) is 0 Å². The fraction of sp³-hybridized carbons (Fsp3) is 0.750. The molecule has 0 aromatic carbocycles. The zero-order valence-electron chi connectivity index (χ0n) is 4.24. The van der Waals surface area contributed by atoms with Crippen LogP contribution in [-0.4, -0.2) is 24.2 Å². The van der Waals surface area contributed by atoms with Crippen molar-refractivity contribution >= 4 is 0 Å². The van der Waals surface area contributed by atoms with Gasteiger partial charge >= 0.3 is 0 Å². The molecule has 0 saturated carbocycles. The Balaban J connectivity index is 2.35. The lowest BCUT2D eigenvalue weighted by Gasteiger charge is -1.93. The first kappa shape index (κ1) is 5.50. The minimum Gasteiger partial charge on any atom is -0.374 e.